The lowest BCUT2D eigenvalue weighted by Crippen LogP contribution is -2.31. The largest absolute Gasteiger partial charge is 0.497 e. The number of rotatable bonds is 9. The molecule has 0 unspecified atom stereocenters. The smallest absolute Gasteiger partial charge is 0.277 e. The van der Waals surface area contributed by atoms with E-state index in [4.69, 9.17) is 20.8 Å². The second-order valence-corrected chi connectivity index (χ2v) is 8.39. The van der Waals surface area contributed by atoms with Crippen LogP contribution >= 0.6 is 34.7 Å². The van der Waals surface area contributed by atoms with Crippen molar-refractivity contribution in [3.8, 4) is 17.2 Å². The van der Waals surface area contributed by atoms with Gasteiger partial charge in [-0.05, 0) is 36.4 Å². The van der Waals surface area contributed by atoms with Crippen molar-refractivity contribution in [1.82, 2.24) is 15.1 Å². The van der Waals surface area contributed by atoms with Crippen molar-refractivity contribution in [3.63, 3.8) is 0 Å². The number of hydrogen-bond donors (Lipinski definition) is 0. The molecule has 0 aliphatic heterocycles. The molecule has 0 saturated heterocycles. The first kappa shape index (κ1) is 20.4. The Bertz CT molecular complexity index is 940. The van der Waals surface area contributed by atoms with Crippen molar-refractivity contribution in [3.05, 3.63) is 58.3 Å². The second kappa shape index (κ2) is 9.77. The molecule has 3 rings (SSSR count). The summed E-state index contributed by atoms with van der Waals surface area (Å²) >= 11 is 8.63. The predicted octanol–water partition coefficient (Wildman–Crippen LogP) is 4.77. The van der Waals surface area contributed by atoms with Gasteiger partial charge in [0, 0.05) is 17.0 Å². The molecule has 0 atom stereocenters. The van der Waals surface area contributed by atoms with Crippen molar-refractivity contribution in [2.24, 2.45) is 0 Å². The summed E-state index contributed by atoms with van der Waals surface area (Å²) in [7, 11) is 1.61. The zero-order chi connectivity index (χ0) is 19.9. The molecule has 0 radical (unpaired) electrons. The zero-order valence-corrected chi connectivity index (χ0v) is 17.5. The molecule has 0 aliphatic rings. The van der Waals surface area contributed by atoms with Gasteiger partial charge < -0.3 is 14.1 Å². The number of carbonyl (C=O) groups excluding carboxylic acids is 1. The van der Waals surface area contributed by atoms with Crippen LogP contribution in [-0.4, -0.2) is 40.4 Å². The minimum Gasteiger partial charge on any atom is -0.497 e. The summed E-state index contributed by atoms with van der Waals surface area (Å²) in [6.07, 6.45) is 1.70. The Morgan fingerprint density at radius 3 is 2.75 bits per heavy atom. The van der Waals surface area contributed by atoms with Crippen molar-refractivity contribution in [2.45, 2.75) is 11.8 Å². The minimum absolute atomic E-state index is 0.0429. The van der Waals surface area contributed by atoms with E-state index in [0.717, 1.165) is 16.2 Å². The molecule has 2 aromatic heterocycles. The third-order valence-corrected chi connectivity index (χ3v) is 5.76. The van der Waals surface area contributed by atoms with Crippen LogP contribution in [0, 0.1) is 0 Å². The molecule has 0 fully saturated rings. The zero-order valence-electron chi connectivity index (χ0n) is 15.1. The van der Waals surface area contributed by atoms with E-state index in [9.17, 15) is 4.79 Å². The van der Waals surface area contributed by atoms with Crippen LogP contribution in [-0.2, 0) is 11.3 Å². The minimum atomic E-state index is -0.0429. The van der Waals surface area contributed by atoms with Crippen LogP contribution in [0.15, 0.2) is 58.7 Å². The van der Waals surface area contributed by atoms with E-state index in [1.807, 2.05) is 36.4 Å². The highest BCUT2D eigenvalue weighted by molar-refractivity contribution is 7.99. The third-order valence-electron chi connectivity index (χ3n) is 3.74. The molecular weight excluding hydrogens is 418 g/mol. The van der Waals surface area contributed by atoms with Gasteiger partial charge in [0.15, 0.2) is 0 Å². The van der Waals surface area contributed by atoms with Gasteiger partial charge in [-0.3, -0.25) is 4.79 Å². The van der Waals surface area contributed by atoms with E-state index < -0.39 is 0 Å². The molecule has 1 aromatic carbocycles. The molecule has 3 aromatic rings. The molecule has 0 spiro atoms. The molecular formula is C19H18ClN3O3S2. The molecule has 0 bridgehead atoms. The second-order valence-electron chi connectivity index (χ2n) is 5.66. The van der Waals surface area contributed by atoms with Crippen molar-refractivity contribution in [1.29, 1.82) is 0 Å². The number of nitrogens with zero attached hydrogens (tertiary/aromatic N) is 3. The van der Waals surface area contributed by atoms with E-state index >= 15 is 0 Å². The average Bonchev–Trinajstić information content (AvgIpc) is 3.35. The number of methoxy groups -OCH3 is 1. The number of carbonyl (C=O) groups is 1. The number of amides is 1. The SMILES string of the molecule is C=CCN(Cc1ccc(Cl)s1)C(=O)CSc1nnc(-c2ccc(OC)cc2)o1. The Kier molecular flexibility index (Phi) is 7.13. The molecule has 6 nitrogen and oxygen atoms in total. The van der Waals surface area contributed by atoms with Gasteiger partial charge >= 0.3 is 0 Å². The van der Waals surface area contributed by atoms with Gasteiger partial charge in [-0.15, -0.1) is 28.1 Å². The predicted molar refractivity (Wildman–Crippen MR) is 112 cm³/mol. The van der Waals surface area contributed by atoms with Gasteiger partial charge in [0.1, 0.15) is 5.75 Å². The third kappa shape index (κ3) is 5.37. The van der Waals surface area contributed by atoms with E-state index in [2.05, 4.69) is 16.8 Å². The van der Waals surface area contributed by atoms with Crippen molar-refractivity contribution in [2.75, 3.05) is 19.4 Å². The Hall–Kier alpha value is -2.29. The Morgan fingerprint density at radius 2 is 2.11 bits per heavy atom. The van der Waals surface area contributed by atoms with Crippen molar-refractivity contribution >= 4 is 40.6 Å². The lowest BCUT2D eigenvalue weighted by atomic mass is 10.2. The number of thioether (sulfide) groups is 1. The molecule has 0 aliphatic carbocycles. The normalized spacial score (nSPS) is 10.6. The van der Waals surface area contributed by atoms with Crippen LogP contribution in [0.5, 0.6) is 5.75 Å². The molecule has 28 heavy (non-hydrogen) atoms. The first-order valence-electron chi connectivity index (χ1n) is 8.32. The molecule has 0 saturated carbocycles. The summed E-state index contributed by atoms with van der Waals surface area (Å²) in [6.45, 7) is 4.67. The summed E-state index contributed by atoms with van der Waals surface area (Å²) in [5.74, 6) is 1.29. The summed E-state index contributed by atoms with van der Waals surface area (Å²) in [4.78, 5) is 15.3. The monoisotopic (exact) mass is 435 g/mol. The summed E-state index contributed by atoms with van der Waals surface area (Å²) in [5, 5.41) is 8.39. The van der Waals surface area contributed by atoms with Gasteiger partial charge in [-0.1, -0.05) is 29.4 Å². The molecule has 0 N–H and O–H groups in total. The van der Waals surface area contributed by atoms with Crippen LogP contribution in [0.3, 0.4) is 0 Å². The topological polar surface area (TPSA) is 68.5 Å². The Morgan fingerprint density at radius 1 is 1.32 bits per heavy atom. The van der Waals surface area contributed by atoms with Gasteiger partial charge in [0.05, 0.1) is 23.7 Å². The van der Waals surface area contributed by atoms with Gasteiger partial charge in [0.25, 0.3) is 5.22 Å². The molecule has 1 amide bonds. The maximum absolute atomic E-state index is 12.6. The number of benzene rings is 1. The Labute approximate surface area is 176 Å². The Balaban J connectivity index is 1.59. The van der Waals surface area contributed by atoms with Crippen molar-refractivity contribution < 1.29 is 13.9 Å². The maximum Gasteiger partial charge on any atom is 0.277 e. The number of hydrogen-bond acceptors (Lipinski definition) is 7. The lowest BCUT2D eigenvalue weighted by molar-refractivity contribution is -0.128. The van der Waals surface area contributed by atoms with Gasteiger partial charge in [0.2, 0.25) is 11.8 Å². The first-order chi connectivity index (χ1) is 13.6. The van der Waals surface area contributed by atoms with Gasteiger partial charge in [-0.2, -0.15) is 0 Å². The number of thiophene rings is 1. The van der Waals surface area contributed by atoms with Crippen LogP contribution in [0.2, 0.25) is 4.34 Å². The summed E-state index contributed by atoms with van der Waals surface area (Å²) in [6, 6.07) is 11.1. The van der Waals surface area contributed by atoms with Gasteiger partial charge in [-0.25, -0.2) is 0 Å². The van der Waals surface area contributed by atoms with Crippen LogP contribution < -0.4 is 4.74 Å². The fourth-order valence-electron chi connectivity index (χ4n) is 2.37. The molecule has 2 heterocycles. The molecule has 146 valence electrons. The standard InChI is InChI=1S/C19H18ClN3O3S2/c1-3-10-23(11-15-8-9-16(20)28-15)17(24)12-27-19-22-21-18(26-19)13-4-6-14(25-2)7-5-13/h3-9H,1,10-12H2,2H3. The highest BCUT2D eigenvalue weighted by Crippen LogP contribution is 2.26. The number of halogens is 1. The quantitative estimate of drug-likeness (QED) is 0.356. The fraction of sp³-hybridized carbons (Fsp3) is 0.211. The maximum atomic E-state index is 12.6. The highest BCUT2D eigenvalue weighted by Gasteiger charge is 2.17. The van der Waals surface area contributed by atoms with Crippen LogP contribution in [0.4, 0.5) is 0 Å². The summed E-state index contributed by atoms with van der Waals surface area (Å²) < 4.78 is 11.5. The molecule has 9 heteroatoms. The van der Waals surface area contributed by atoms with E-state index in [1.165, 1.54) is 23.1 Å². The van der Waals surface area contributed by atoms with Crippen LogP contribution in [0.25, 0.3) is 11.5 Å². The van der Waals surface area contributed by atoms with E-state index in [1.54, 1.807) is 18.1 Å². The van der Waals surface area contributed by atoms with E-state index in [0.29, 0.717) is 28.5 Å². The fourth-order valence-corrected chi connectivity index (χ4v) is 4.14. The van der Waals surface area contributed by atoms with E-state index in [-0.39, 0.29) is 11.7 Å². The number of aromatic nitrogens is 2. The lowest BCUT2D eigenvalue weighted by Gasteiger charge is -2.19. The van der Waals surface area contributed by atoms with Crippen LogP contribution in [0.1, 0.15) is 4.88 Å². The summed E-state index contributed by atoms with van der Waals surface area (Å²) in [5.41, 5.74) is 0.786. The highest BCUT2D eigenvalue weighted by atomic mass is 35.5. The average molecular weight is 436 g/mol. The number of ether oxygens (including phenoxy) is 1. The first-order valence-corrected chi connectivity index (χ1v) is 10.5.